The zero-order valence-corrected chi connectivity index (χ0v) is 9.79. The van der Waals surface area contributed by atoms with Crippen molar-refractivity contribution < 1.29 is 4.74 Å². The maximum absolute atomic E-state index is 5.28. The van der Waals surface area contributed by atoms with Crippen LogP contribution in [0.2, 0.25) is 0 Å². The largest absolute Gasteiger partial charge is 0.385 e. The van der Waals surface area contributed by atoms with Crippen LogP contribution in [0.15, 0.2) is 23.5 Å². The molecule has 15 heavy (non-hydrogen) atoms. The Morgan fingerprint density at radius 3 is 2.80 bits per heavy atom. The van der Waals surface area contributed by atoms with E-state index < -0.39 is 0 Å². The van der Waals surface area contributed by atoms with Gasteiger partial charge in [0.15, 0.2) is 0 Å². The fourth-order valence-corrected chi connectivity index (χ4v) is 1.92. The molecular formula is C12H20N2O. The predicted octanol–water partition coefficient (Wildman–Crippen LogP) is 1.34. The van der Waals surface area contributed by atoms with Gasteiger partial charge in [-0.05, 0) is 17.6 Å². The molecule has 0 spiro atoms. The summed E-state index contributed by atoms with van der Waals surface area (Å²) >= 11 is 0. The third-order valence-corrected chi connectivity index (χ3v) is 3.14. The van der Waals surface area contributed by atoms with Crippen LogP contribution in [0.5, 0.6) is 0 Å². The van der Waals surface area contributed by atoms with Crippen LogP contribution in [-0.4, -0.2) is 37.7 Å². The minimum absolute atomic E-state index is 0.430. The van der Waals surface area contributed by atoms with Gasteiger partial charge in [-0.3, -0.25) is 0 Å². The molecule has 0 aromatic rings. The van der Waals surface area contributed by atoms with Crippen molar-refractivity contribution in [1.82, 2.24) is 10.2 Å². The molecular weight excluding hydrogens is 188 g/mol. The van der Waals surface area contributed by atoms with Crippen molar-refractivity contribution in [3.05, 3.63) is 23.5 Å². The second-order valence-electron chi connectivity index (χ2n) is 4.58. The van der Waals surface area contributed by atoms with Gasteiger partial charge in [0, 0.05) is 32.1 Å². The number of rotatable bonds is 3. The summed E-state index contributed by atoms with van der Waals surface area (Å²) in [7, 11) is 1.79. The van der Waals surface area contributed by atoms with Crippen molar-refractivity contribution in [3.8, 4) is 0 Å². The molecule has 0 radical (unpaired) electrons. The van der Waals surface area contributed by atoms with Gasteiger partial charge in [-0.25, -0.2) is 0 Å². The van der Waals surface area contributed by atoms with Crippen molar-refractivity contribution in [2.24, 2.45) is 5.92 Å². The molecule has 3 heteroatoms. The molecule has 3 nitrogen and oxygen atoms in total. The smallest absolute Gasteiger partial charge is 0.0920 e. The van der Waals surface area contributed by atoms with Crippen LogP contribution in [0.1, 0.15) is 13.8 Å². The van der Waals surface area contributed by atoms with Crippen LogP contribution >= 0.6 is 0 Å². The molecule has 2 aliphatic heterocycles. The molecule has 2 rings (SSSR count). The Bertz CT molecular complexity index is 288. The molecule has 2 aliphatic rings. The average molecular weight is 208 g/mol. The molecule has 0 bridgehead atoms. The Morgan fingerprint density at radius 2 is 2.20 bits per heavy atom. The molecule has 0 saturated carbocycles. The second-order valence-corrected chi connectivity index (χ2v) is 4.58. The van der Waals surface area contributed by atoms with Crippen molar-refractivity contribution in [2.45, 2.75) is 20.0 Å². The summed E-state index contributed by atoms with van der Waals surface area (Å²) in [5, 5.41) is 3.34. The lowest BCUT2D eigenvalue weighted by atomic mass is 10.00. The van der Waals surface area contributed by atoms with Gasteiger partial charge in [0.05, 0.1) is 12.6 Å². The lowest BCUT2D eigenvalue weighted by Gasteiger charge is -2.42. The first-order valence-electron chi connectivity index (χ1n) is 5.62. The lowest BCUT2D eigenvalue weighted by molar-refractivity contribution is -0.0124. The van der Waals surface area contributed by atoms with Crippen molar-refractivity contribution in [1.29, 1.82) is 0 Å². The zero-order valence-electron chi connectivity index (χ0n) is 9.79. The highest BCUT2D eigenvalue weighted by Crippen LogP contribution is 2.22. The topological polar surface area (TPSA) is 24.5 Å². The molecule has 1 N–H and O–H groups in total. The Balaban J connectivity index is 1.96. The summed E-state index contributed by atoms with van der Waals surface area (Å²) in [6.07, 6.45) is 4.87. The summed E-state index contributed by atoms with van der Waals surface area (Å²) in [5.41, 5.74) is 2.78. The molecule has 1 saturated heterocycles. The van der Waals surface area contributed by atoms with Crippen LogP contribution < -0.4 is 5.32 Å². The minimum atomic E-state index is 0.430. The summed E-state index contributed by atoms with van der Waals surface area (Å²) < 4.78 is 5.28. The van der Waals surface area contributed by atoms with E-state index in [0.717, 1.165) is 19.6 Å². The number of allylic oxidation sites excluding steroid dienone is 2. The van der Waals surface area contributed by atoms with Crippen molar-refractivity contribution >= 4 is 0 Å². The number of likely N-dealkylation sites (tertiary alicyclic amines) is 1. The normalized spacial score (nSPS) is 22.0. The number of hydrogen-bond acceptors (Lipinski definition) is 3. The molecule has 0 amide bonds. The van der Waals surface area contributed by atoms with Crippen LogP contribution in [-0.2, 0) is 4.74 Å². The number of ether oxygens (including phenoxy) is 1. The monoisotopic (exact) mass is 208 g/mol. The van der Waals surface area contributed by atoms with Crippen LogP contribution in [0.4, 0.5) is 0 Å². The van der Waals surface area contributed by atoms with Gasteiger partial charge in [0.2, 0.25) is 0 Å². The molecule has 0 aliphatic carbocycles. The van der Waals surface area contributed by atoms with Crippen LogP contribution in [0.3, 0.4) is 0 Å². The predicted molar refractivity (Wildman–Crippen MR) is 61.4 cm³/mol. The van der Waals surface area contributed by atoms with E-state index in [-0.39, 0.29) is 0 Å². The third-order valence-electron chi connectivity index (χ3n) is 3.14. The van der Waals surface area contributed by atoms with Gasteiger partial charge in [-0.2, -0.15) is 0 Å². The highest BCUT2D eigenvalue weighted by atomic mass is 16.5. The summed E-state index contributed by atoms with van der Waals surface area (Å²) in [4.78, 5) is 2.39. The third kappa shape index (κ3) is 2.17. The fraction of sp³-hybridized carbons (Fsp3) is 0.667. The van der Waals surface area contributed by atoms with Crippen LogP contribution in [0, 0.1) is 5.92 Å². The van der Waals surface area contributed by atoms with E-state index >= 15 is 0 Å². The Morgan fingerprint density at radius 1 is 1.47 bits per heavy atom. The summed E-state index contributed by atoms with van der Waals surface area (Å²) in [5.74, 6) is 0.590. The van der Waals surface area contributed by atoms with E-state index in [0.29, 0.717) is 12.0 Å². The van der Waals surface area contributed by atoms with Gasteiger partial charge >= 0.3 is 0 Å². The highest BCUT2D eigenvalue weighted by molar-refractivity contribution is 5.29. The number of hydrogen-bond donors (Lipinski definition) is 1. The number of nitrogens with zero attached hydrogens (tertiary/aromatic N) is 1. The second kappa shape index (κ2) is 4.27. The van der Waals surface area contributed by atoms with Crippen molar-refractivity contribution in [3.63, 3.8) is 0 Å². The average Bonchev–Trinajstić information content (AvgIpc) is 2.16. The quantitative estimate of drug-likeness (QED) is 0.757. The Kier molecular flexibility index (Phi) is 3.00. The maximum Gasteiger partial charge on any atom is 0.0920 e. The van der Waals surface area contributed by atoms with E-state index in [9.17, 15) is 0 Å². The zero-order chi connectivity index (χ0) is 10.8. The molecule has 1 fully saturated rings. The van der Waals surface area contributed by atoms with Crippen molar-refractivity contribution in [2.75, 3.05) is 26.7 Å². The summed E-state index contributed by atoms with van der Waals surface area (Å²) in [6, 6.07) is 0. The molecule has 2 heterocycles. The van der Waals surface area contributed by atoms with E-state index in [4.69, 9.17) is 4.74 Å². The number of dihydropyridines is 1. The standard InChI is InChI=1S/C12H20N2O/c1-9(2)10-4-11(6-13-5-10)14-7-12(8-14)15-3/h4-5,9,12-13H,6-8H2,1-3H3. The Hall–Kier alpha value is -0.960. The molecule has 0 aromatic carbocycles. The van der Waals surface area contributed by atoms with E-state index in [2.05, 4.69) is 36.3 Å². The molecule has 0 aromatic heterocycles. The van der Waals surface area contributed by atoms with E-state index in [1.54, 1.807) is 7.11 Å². The first-order valence-corrected chi connectivity index (χ1v) is 5.62. The lowest BCUT2D eigenvalue weighted by Crippen LogP contribution is -2.52. The minimum Gasteiger partial charge on any atom is -0.385 e. The van der Waals surface area contributed by atoms with Gasteiger partial charge in [0.1, 0.15) is 0 Å². The van der Waals surface area contributed by atoms with E-state index in [1.807, 2.05) is 0 Å². The first-order chi connectivity index (χ1) is 7.20. The number of methoxy groups -OCH3 is 1. The van der Waals surface area contributed by atoms with E-state index in [1.165, 1.54) is 11.3 Å². The van der Waals surface area contributed by atoms with Gasteiger partial charge in [-0.15, -0.1) is 0 Å². The maximum atomic E-state index is 5.28. The van der Waals surface area contributed by atoms with Gasteiger partial charge in [0.25, 0.3) is 0 Å². The number of nitrogens with one attached hydrogen (secondary N) is 1. The van der Waals surface area contributed by atoms with Gasteiger partial charge in [-0.1, -0.05) is 13.8 Å². The SMILES string of the molecule is COC1CN(C2=CC(C(C)C)=CNC2)C1. The van der Waals surface area contributed by atoms with Gasteiger partial charge < -0.3 is 15.0 Å². The van der Waals surface area contributed by atoms with Crippen LogP contribution in [0.25, 0.3) is 0 Å². The molecule has 0 atom stereocenters. The first kappa shape index (κ1) is 10.6. The highest BCUT2D eigenvalue weighted by Gasteiger charge is 2.28. The summed E-state index contributed by atoms with van der Waals surface area (Å²) in [6.45, 7) is 7.47. The molecule has 84 valence electrons. The Labute approximate surface area is 91.8 Å². The molecule has 0 unspecified atom stereocenters. The fourth-order valence-electron chi connectivity index (χ4n) is 1.92.